The zero-order valence-corrected chi connectivity index (χ0v) is 17.4. The molecule has 0 unspecified atom stereocenters. The first-order chi connectivity index (χ1) is 14.0. The van der Waals surface area contributed by atoms with Gasteiger partial charge in [-0.25, -0.2) is 8.42 Å². The van der Waals surface area contributed by atoms with Gasteiger partial charge < -0.3 is 5.32 Å². The van der Waals surface area contributed by atoms with E-state index in [1.54, 1.807) is 13.0 Å². The average Bonchev–Trinajstić information content (AvgIpc) is 2.73. The van der Waals surface area contributed by atoms with Gasteiger partial charge in [-0.15, -0.1) is 0 Å². The van der Waals surface area contributed by atoms with Crippen molar-refractivity contribution >= 4 is 27.2 Å². The van der Waals surface area contributed by atoms with Gasteiger partial charge in [0.05, 0.1) is 5.69 Å². The summed E-state index contributed by atoms with van der Waals surface area (Å²) in [6, 6.07) is 16.8. The van der Waals surface area contributed by atoms with Crippen LogP contribution < -0.4 is 9.62 Å². The van der Waals surface area contributed by atoms with Crippen LogP contribution >= 0.6 is 0 Å². The van der Waals surface area contributed by atoms with Gasteiger partial charge in [-0.3, -0.25) is 9.10 Å². The van der Waals surface area contributed by atoms with Crippen molar-refractivity contribution in [2.45, 2.75) is 45.1 Å². The molecular formula is C23H26N2O3S. The maximum atomic E-state index is 13.6. The van der Waals surface area contributed by atoms with Gasteiger partial charge in [0.15, 0.2) is 4.91 Å². The fourth-order valence-corrected chi connectivity index (χ4v) is 6.11. The Labute approximate surface area is 172 Å². The molecule has 0 atom stereocenters. The van der Waals surface area contributed by atoms with Crippen molar-refractivity contribution in [2.24, 2.45) is 0 Å². The van der Waals surface area contributed by atoms with Crippen molar-refractivity contribution in [1.82, 2.24) is 5.32 Å². The number of para-hydroxylation sites is 1. The molecule has 4 rings (SSSR count). The lowest BCUT2D eigenvalue weighted by Crippen LogP contribution is -2.44. The molecule has 6 heteroatoms. The Balaban J connectivity index is 1.92. The number of sulfonamides is 1. The molecule has 1 fully saturated rings. The zero-order chi connectivity index (χ0) is 20.4. The number of hydrogen-bond donors (Lipinski definition) is 1. The van der Waals surface area contributed by atoms with Crippen LogP contribution in [0.1, 0.15) is 50.2 Å². The van der Waals surface area contributed by atoms with E-state index >= 15 is 0 Å². The normalized spacial score (nSPS) is 19.0. The van der Waals surface area contributed by atoms with E-state index < -0.39 is 15.9 Å². The smallest absolute Gasteiger partial charge is 0.270 e. The van der Waals surface area contributed by atoms with Crippen LogP contribution in [-0.2, 0) is 14.8 Å². The number of amides is 1. The summed E-state index contributed by atoms with van der Waals surface area (Å²) in [6.45, 7) is 2.06. The van der Waals surface area contributed by atoms with E-state index in [0.717, 1.165) is 36.8 Å². The van der Waals surface area contributed by atoms with Gasteiger partial charge in [0.1, 0.15) is 0 Å². The first-order valence-electron chi connectivity index (χ1n) is 10.3. The van der Waals surface area contributed by atoms with Gasteiger partial charge in [-0.05, 0) is 31.4 Å². The third-order valence-corrected chi connectivity index (χ3v) is 7.65. The van der Waals surface area contributed by atoms with Crippen LogP contribution in [0.4, 0.5) is 5.69 Å². The summed E-state index contributed by atoms with van der Waals surface area (Å²) in [5, 5.41) is 3.02. The molecule has 1 aliphatic carbocycles. The molecule has 0 radical (unpaired) electrons. The van der Waals surface area contributed by atoms with Crippen molar-refractivity contribution in [2.75, 3.05) is 10.8 Å². The van der Waals surface area contributed by atoms with Crippen LogP contribution in [0.25, 0.3) is 5.57 Å². The summed E-state index contributed by atoms with van der Waals surface area (Å²) < 4.78 is 28.5. The molecule has 2 aromatic carbocycles. The van der Waals surface area contributed by atoms with Crippen LogP contribution in [0.5, 0.6) is 0 Å². The van der Waals surface area contributed by atoms with Gasteiger partial charge in [0, 0.05) is 23.7 Å². The summed E-state index contributed by atoms with van der Waals surface area (Å²) in [4.78, 5) is 13.2. The number of fused-ring (bicyclic) bond motifs is 1. The van der Waals surface area contributed by atoms with E-state index in [0.29, 0.717) is 11.3 Å². The molecule has 152 valence electrons. The van der Waals surface area contributed by atoms with Crippen LogP contribution in [0.15, 0.2) is 59.5 Å². The fourth-order valence-electron chi connectivity index (χ4n) is 4.35. The Hall–Kier alpha value is -2.60. The lowest BCUT2D eigenvalue weighted by Gasteiger charge is -2.33. The number of carbonyl (C=O) groups excluding carboxylic acids is 1. The molecule has 5 nitrogen and oxygen atoms in total. The largest absolute Gasteiger partial charge is 0.349 e. The number of rotatable bonds is 4. The van der Waals surface area contributed by atoms with E-state index in [1.165, 1.54) is 10.7 Å². The Bertz CT molecular complexity index is 1040. The van der Waals surface area contributed by atoms with Crippen molar-refractivity contribution in [3.63, 3.8) is 0 Å². The molecule has 1 heterocycles. The van der Waals surface area contributed by atoms with E-state index in [4.69, 9.17) is 0 Å². The standard InChI is InChI=1S/C23H26N2O3S/c1-2-25-20-16-10-9-15-19(20)21(17-11-5-3-6-12-17)22(29(25,27)28)23(26)24-18-13-7-4-8-14-18/h3,5-6,9-12,15-16,18H,2,4,7-8,13-14H2,1H3,(H,24,26). The van der Waals surface area contributed by atoms with Gasteiger partial charge >= 0.3 is 0 Å². The Morgan fingerprint density at radius 2 is 1.66 bits per heavy atom. The first-order valence-corrected chi connectivity index (χ1v) is 11.7. The number of hydrogen-bond acceptors (Lipinski definition) is 3. The molecule has 0 spiro atoms. The predicted octanol–water partition coefficient (Wildman–Crippen LogP) is 4.06. The number of carbonyl (C=O) groups is 1. The molecule has 1 aliphatic heterocycles. The molecule has 1 saturated carbocycles. The highest BCUT2D eigenvalue weighted by Crippen LogP contribution is 2.42. The van der Waals surface area contributed by atoms with E-state index in [1.807, 2.05) is 48.5 Å². The molecule has 1 amide bonds. The third kappa shape index (κ3) is 3.57. The van der Waals surface area contributed by atoms with E-state index in [9.17, 15) is 13.2 Å². The monoisotopic (exact) mass is 410 g/mol. The highest BCUT2D eigenvalue weighted by Gasteiger charge is 2.41. The van der Waals surface area contributed by atoms with Crippen molar-refractivity contribution in [3.05, 3.63) is 70.6 Å². The Morgan fingerprint density at radius 3 is 2.34 bits per heavy atom. The second kappa shape index (κ2) is 8.03. The molecule has 0 bridgehead atoms. The van der Waals surface area contributed by atoms with Crippen LogP contribution in [0, 0.1) is 0 Å². The van der Waals surface area contributed by atoms with Crippen molar-refractivity contribution < 1.29 is 13.2 Å². The minimum atomic E-state index is -3.97. The van der Waals surface area contributed by atoms with Crippen molar-refractivity contribution in [1.29, 1.82) is 0 Å². The Morgan fingerprint density at radius 1 is 1.00 bits per heavy atom. The van der Waals surface area contributed by atoms with Crippen LogP contribution in [0.2, 0.25) is 0 Å². The first kappa shape index (κ1) is 19.7. The highest BCUT2D eigenvalue weighted by molar-refractivity contribution is 7.97. The molecule has 0 saturated heterocycles. The number of anilines is 1. The lowest BCUT2D eigenvalue weighted by atomic mass is 9.94. The molecule has 1 N–H and O–H groups in total. The zero-order valence-electron chi connectivity index (χ0n) is 16.6. The van der Waals surface area contributed by atoms with Gasteiger partial charge in [-0.2, -0.15) is 0 Å². The number of nitrogens with one attached hydrogen (secondary N) is 1. The summed E-state index contributed by atoms with van der Waals surface area (Å²) in [6.07, 6.45) is 5.08. The van der Waals surface area contributed by atoms with E-state index in [2.05, 4.69) is 5.32 Å². The minimum Gasteiger partial charge on any atom is -0.349 e. The second-order valence-electron chi connectivity index (χ2n) is 7.57. The van der Waals surface area contributed by atoms with Gasteiger partial charge in [-0.1, -0.05) is 67.8 Å². The van der Waals surface area contributed by atoms with Gasteiger partial charge in [0.2, 0.25) is 0 Å². The fraction of sp³-hybridized carbons (Fsp3) is 0.348. The summed E-state index contributed by atoms with van der Waals surface area (Å²) in [5.74, 6) is -0.497. The highest BCUT2D eigenvalue weighted by atomic mass is 32.2. The summed E-state index contributed by atoms with van der Waals surface area (Å²) in [7, 11) is -3.97. The average molecular weight is 411 g/mol. The lowest BCUT2D eigenvalue weighted by molar-refractivity contribution is -0.117. The minimum absolute atomic E-state index is 0.0308. The Kier molecular flexibility index (Phi) is 5.46. The van der Waals surface area contributed by atoms with E-state index in [-0.39, 0.29) is 17.5 Å². The molecule has 29 heavy (non-hydrogen) atoms. The maximum Gasteiger partial charge on any atom is 0.270 e. The summed E-state index contributed by atoms with van der Waals surface area (Å²) in [5.41, 5.74) is 2.60. The van der Waals surface area contributed by atoms with Crippen LogP contribution in [-0.4, -0.2) is 26.9 Å². The van der Waals surface area contributed by atoms with Gasteiger partial charge in [0.25, 0.3) is 15.9 Å². The second-order valence-corrected chi connectivity index (χ2v) is 9.36. The summed E-state index contributed by atoms with van der Waals surface area (Å²) >= 11 is 0. The maximum absolute atomic E-state index is 13.6. The topological polar surface area (TPSA) is 66.5 Å². The van der Waals surface area contributed by atoms with Crippen LogP contribution in [0.3, 0.4) is 0 Å². The third-order valence-electron chi connectivity index (χ3n) is 5.71. The number of nitrogens with zero attached hydrogens (tertiary/aromatic N) is 1. The molecule has 2 aliphatic rings. The molecule has 2 aromatic rings. The number of benzene rings is 2. The molecule has 0 aromatic heterocycles. The quantitative estimate of drug-likeness (QED) is 0.826. The SMILES string of the molecule is CCN1c2ccccc2C(c2ccccc2)=C(C(=O)NC2CCCCC2)S1(=O)=O. The predicted molar refractivity (Wildman–Crippen MR) is 116 cm³/mol. The molecular weight excluding hydrogens is 384 g/mol. The van der Waals surface area contributed by atoms with Crippen molar-refractivity contribution in [3.8, 4) is 0 Å².